The highest BCUT2D eigenvalue weighted by Gasteiger charge is 2.28. The highest BCUT2D eigenvalue weighted by atomic mass is 32.5. The molecule has 16 heavy (non-hydrogen) atoms. The molecule has 1 fully saturated rings. The summed E-state index contributed by atoms with van der Waals surface area (Å²) in [5.41, 5.74) is 0. The molecule has 0 aliphatic heterocycles. The lowest BCUT2D eigenvalue weighted by Crippen LogP contribution is -2.15. The van der Waals surface area contributed by atoms with Crippen molar-refractivity contribution < 1.29 is 33.1 Å². The van der Waals surface area contributed by atoms with Crippen molar-refractivity contribution in [2.45, 2.75) is 38.2 Å². The molecule has 0 bridgehead atoms. The first-order valence-electron chi connectivity index (χ1n) is 4.73. The minimum Gasteiger partial charge on any atom is -0.323 e. The molecule has 0 aromatic rings. The van der Waals surface area contributed by atoms with Crippen LogP contribution < -0.4 is 0 Å². The standard InChI is InChI=1S/C6H14O7P2S/c7-14(8,9)12-13-15(10,16)11-6-4-2-1-3-5-6/h6H,1-5H2,(H,10,16)(H2,7,8,9). The first-order valence-corrected chi connectivity index (χ1v) is 8.85. The summed E-state index contributed by atoms with van der Waals surface area (Å²) in [6.07, 6.45) is 4.31. The molecule has 1 saturated carbocycles. The molecular formula is C6H14O7P2S. The quantitative estimate of drug-likeness (QED) is 0.398. The van der Waals surface area contributed by atoms with Gasteiger partial charge in [0, 0.05) is 0 Å². The topological polar surface area (TPSA) is 105 Å². The Hall–Kier alpha value is 0.640. The number of phosphoric acid groups is 1. The van der Waals surface area contributed by atoms with Gasteiger partial charge in [-0.3, -0.25) is 0 Å². The summed E-state index contributed by atoms with van der Waals surface area (Å²) >= 11 is 4.55. The lowest BCUT2D eigenvalue weighted by molar-refractivity contribution is -0.139. The van der Waals surface area contributed by atoms with Crippen molar-refractivity contribution in [3.05, 3.63) is 0 Å². The van der Waals surface area contributed by atoms with Crippen LogP contribution in [0.2, 0.25) is 0 Å². The van der Waals surface area contributed by atoms with Crippen molar-refractivity contribution in [1.82, 2.24) is 0 Å². The molecule has 0 radical (unpaired) electrons. The van der Waals surface area contributed by atoms with Crippen LogP contribution in [-0.2, 0) is 30.2 Å². The summed E-state index contributed by atoms with van der Waals surface area (Å²) in [5.74, 6) is 0. The Bertz CT molecular complexity index is 310. The molecule has 0 heterocycles. The molecular weight excluding hydrogens is 278 g/mol. The summed E-state index contributed by atoms with van der Waals surface area (Å²) in [6.45, 7) is -3.74. The smallest absolute Gasteiger partial charge is 0.323 e. The van der Waals surface area contributed by atoms with Crippen molar-refractivity contribution in [2.75, 3.05) is 0 Å². The first-order chi connectivity index (χ1) is 7.29. The number of hydrogen-bond acceptors (Lipinski definition) is 5. The van der Waals surface area contributed by atoms with Crippen molar-refractivity contribution in [3.8, 4) is 0 Å². The molecule has 0 spiro atoms. The fraction of sp³-hybridized carbons (Fsp3) is 1.00. The van der Waals surface area contributed by atoms with E-state index in [9.17, 15) is 9.46 Å². The van der Waals surface area contributed by atoms with Crippen molar-refractivity contribution in [2.24, 2.45) is 0 Å². The van der Waals surface area contributed by atoms with Crippen LogP contribution in [0.1, 0.15) is 32.1 Å². The Morgan fingerprint density at radius 2 is 1.62 bits per heavy atom. The van der Waals surface area contributed by atoms with Gasteiger partial charge in [0.1, 0.15) is 0 Å². The second-order valence-corrected chi connectivity index (χ2v) is 7.29. The third-order valence-electron chi connectivity index (χ3n) is 2.06. The van der Waals surface area contributed by atoms with Gasteiger partial charge in [-0.05, 0) is 24.6 Å². The van der Waals surface area contributed by atoms with E-state index in [0.29, 0.717) is 0 Å². The summed E-state index contributed by atoms with van der Waals surface area (Å²) in [5, 5.41) is 0. The molecule has 1 rings (SSSR count). The molecule has 1 atom stereocenters. The Balaban J connectivity index is 2.38. The first kappa shape index (κ1) is 14.7. The normalized spacial score (nSPS) is 22.9. The predicted octanol–water partition coefficient (Wildman–Crippen LogP) is 1.59. The van der Waals surface area contributed by atoms with Crippen molar-refractivity contribution in [1.29, 1.82) is 0 Å². The maximum absolute atomic E-state index is 10.3. The van der Waals surface area contributed by atoms with Gasteiger partial charge in [-0.15, -0.1) is 9.35 Å². The van der Waals surface area contributed by atoms with E-state index in [2.05, 4.69) is 21.2 Å². The Morgan fingerprint density at radius 1 is 1.06 bits per heavy atom. The van der Waals surface area contributed by atoms with E-state index in [-0.39, 0.29) is 6.10 Å². The SMILES string of the molecule is O=P(O)(O)OOP(O)(=S)OC1CCCCC1. The van der Waals surface area contributed by atoms with Gasteiger partial charge in [-0.1, -0.05) is 19.3 Å². The maximum atomic E-state index is 10.3. The molecule has 0 aromatic heterocycles. The molecule has 1 aliphatic rings. The van der Waals surface area contributed by atoms with Gasteiger partial charge in [0.15, 0.2) is 0 Å². The molecule has 0 aromatic carbocycles. The van der Waals surface area contributed by atoms with Crippen LogP contribution in [0.5, 0.6) is 0 Å². The fourth-order valence-electron chi connectivity index (χ4n) is 1.46. The van der Waals surface area contributed by atoms with Gasteiger partial charge >= 0.3 is 14.5 Å². The molecule has 0 amide bonds. The van der Waals surface area contributed by atoms with E-state index in [1.165, 1.54) is 0 Å². The summed E-state index contributed by atoms with van der Waals surface area (Å²) in [6, 6.07) is 0. The molecule has 1 aliphatic carbocycles. The molecule has 1 unspecified atom stereocenters. The predicted molar refractivity (Wildman–Crippen MR) is 58.7 cm³/mol. The van der Waals surface area contributed by atoms with Gasteiger partial charge in [0.25, 0.3) is 0 Å². The Morgan fingerprint density at radius 3 is 2.12 bits per heavy atom. The van der Waals surface area contributed by atoms with Crippen LogP contribution >= 0.6 is 14.5 Å². The van der Waals surface area contributed by atoms with Gasteiger partial charge in [-0.2, -0.15) is 0 Å². The minimum absolute atomic E-state index is 0.232. The van der Waals surface area contributed by atoms with E-state index in [1.807, 2.05) is 0 Å². The third kappa shape index (κ3) is 6.39. The Kier molecular flexibility index (Phi) is 5.51. The summed E-state index contributed by atoms with van der Waals surface area (Å²) in [4.78, 5) is 26.2. The molecule has 7 nitrogen and oxygen atoms in total. The second-order valence-electron chi connectivity index (χ2n) is 3.47. The zero-order valence-electron chi connectivity index (χ0n) is 8.39. The van der Waals surface area contributed by atoms with E-state index < -0.39 is 14.5 Å². The van der Waals surface area contributed by atoms with Gasteiger partial charge in [0.2, 0.25) is 0 Å². The van der Waals surface area contributed by atoms with E-state index in [4.69, 9.17) is 14.3 Å². The lowest BCUT2D eigenvalue weighted by Gasteiger charge is -2.25. The van der Waals surface area contributed by atoms with Crippen LogP contribution in [0.3, 0.4) is 0 Å². The van der Waals surface area contributed by atoms with Crippen LogP contribution in [0, 0.1) is 0 Å². The fourth-order valence-corrected chi connectivity index (χ4v) is 3.38. The van der Waals surface area contributed by atoms with Gasteiger partial charge in [-0.25, -0.2) is 4.57 Å². The number of rotatable bonds is 5. The van der Waals surface area contributed by atoms with Crippen molar-refractivity contribution >= 4 is 26.3 Å². The highest BCUT2D eigenvalue weighted by Crippen LogP contribution is 2.51. The van der Waals surface area contributed by atoms with Gasteiger partial charge in [0.05, 0.1) is 6.10 Å². The van der Waals surface area contributed by atoms with Gasteiger partial charge < -0.3 is 19.2 Å². The summed E-state index contributed by atoms with van der Waals surface area (Å²) in [7, 11) is -4.82. The molecule has 96 valence electrons. The highest BCUT2D eigenvalue weighted by molar-refractivity contribution is 8.07. The van der Waals surface area contributed by atoms with E-state index in [0.717, 1.165) is 32.1 Å². The van der Waals surface area contributed by atoms with Crippen LogP contribution in [0.4, 0.5) is 0 Å². The Labute approximate surface area is 98.1 Å². The van der Waals surface area contributed by atoms with E-state index >= 15 is 0 Å². The monoisotopic (exact) mass is 292 g/mol. The average molecular weight is 292 g/mol. The van der Waals surface area contributed by atoms with Crippen LogP contribution in [0.15, 0.2) is 0 Å². The van der Waals surface area contributed by atoms with Crippen molar-refractivity contribution in [3.63, 3.8) is 0 Å². The second kappa shape index (κ2) is 6.00. The largest absolute Gasteiger partial charge is 0.497 e. The molecule has 10 heteroatoms. The van der Waals surface area contributed by atoms with Crippen LogP contribution in [0.25, 0.3) is 0 Å². The minimum atomic E-state index is -4.82. The zero-order valence-corrected chi connectivity index (χ0v) is 11.0. The maximum Gasteiger partial charge on any atom is 0.497 e. The summed E-state index contributed by atoms with van der Waals surface area (Å²) < 4.78 is 23.2. The number of hydrogen-bond donors (Lipinski definition) is 3. The van der Waals surface area contributed by atoms with Crippen LogP contribution in [-0.4, -0.2) is 20.8 Å². The molecule has 3 N–H and O–H groups in total. The third-order valence-corrected chi connectivity index (χ3v) is 3.71. The molecule has 0 saturated heterocycles. The van der Waals surface area contributed by atoms with E-state index in [1.54, 1.807) is 0 Å². The average Bonchev–Trinajstić information content (AvgIpc) is 2.15. The zero-order chi connectivity index (χ0) is 12.2. The lowest BCUT2D eigenvalue weighted by atomic mass is 9.98.